The van der Waals surface area contributed by atoms with Crippen molar-refractivity contribution in [3.05, 3.63) is 28.8 Å². The van der Waals surface area contributed by atoms with Crippen molar-refractivity contribution in [2.24, 2.45) is 5.92 Å². The molecule has 102 valence electrons. The van der Waals surface area contributed by atoms with Gasteiger partial charge >= 0.3 is 5.97 Å². The van der Waals surface area contributed by atoms with Gasteiger partial charge in [0.2, 0.25) is 5.91 Å². The number of halogens is 1. The zero-order chi connectivity index (χ0) is 14.0. The second kappa shape index (κ2) is 5.59. The summed E-state index contributed by atoms with van der Waals surface area (Å²) >= 11 is 5.87. The lowest BCUT2D eigenvalue weighted by Crippen LogP contribution is -2.52. The Kier molecular flexibility index (Phi) is 4.07. The molecule has 1 fully saturated rings. The van der Waals surface area contributed by atoms with Crippen LogP contribution in [-0.4, -0.2) is 41.5 Å². The number of aliphatic carboxylic acids is 1. The molecule has 0 saturated carbocycles. The molecular weight excluding hydrogens is 268 g/mol. The van der Waals surface area contributed by atoms with Crippen LogP contribution in [0.3, 0.4) is 0 Å². The highest BCUT2D eigenvalue weighted by molar-refractivity contribution is 6.31. The smallest absolute Gasteiger partial charge is 0.309 e. The van der Waals surface area contributed by atoms with Crippen LogP contribution in [0.1, 0.15) is 5.56 Å². The summed E-state index contributed by atoms with van der Waals surface area (Å²) in [4.78, 5) is 24.3. The number of carboxylic acid groups (broad SMARTS) is 1. The molecule has 2 rings (SSSR count). The van der Waals surface area contributed by atoms with Gasteiger partial charge < -0.3 is 10.4 Å². The molecule has 1 saturated heterocycles. The van der Waals surface area contributed by atoms with E-state index in [0.717, 1.165) is 5.56 Å². The minimum atomic E-state index is -0.803. The van der Waals surface area contributed by atoms with Crippen molar-refractivity contribution in [2.75, 3.05) is 25.0 Å². The summed E-state index contributed by atoms with van der Waals surface area (Å²) in [5.41, 5.74) is 1.62. The van der Waals surface area contributed by atoms with Gasteiger partial charge in [-0.05, 0) is 24.6 Å². The minimum absolute atomic E-state index is 0.158. The Morgan fingerprint density at radius 1 is 1.47 bits per heavy atom. The maximum atomic E-state index is 11.8. The molecule has 0 bridgehead atoms. The quantitative estimate of drug-likeness (QED) is 0.880. The molecule has 5 nitrogen and oxygen atoms in total. The molecule has 0 unspecified atom stereocenters. The summed E-state index contributed by atoms with van der Waals surface area (Å²) in [5, 5.41) is 12.1. The molecular formula is C13H15ClN2O3. The van der Waals surface area contributed by atoms with Crippen LogP contribution in [0.15, 0.2) is 18.2 Å². The van der Waals surface area contributed by atoms with E-state index in [1.165, 1.54) is 0 Å². The van der Waals surface area contributed by atoms with Gasteiger partial charge in [-0.25, -0.2) is 0 Å². The average Bonchev–Trinajstić information content (AvgIpc) is 2.27. The topological polar surface area (TPSA) is 69.6 Å². The number of hydrogen-bond donors (Lipinski definition) is 2. The van der Waals surface area contributed by atoms with Gasteiger partial charge in [-0.15, -0.1) is 0 Å². The highest BCUT2D eigenvalue weighted by atomic mass is 35.5. The fraction of sp³-hybridized carbons (Fsp3) is 0.385. The van der Waals surface area contributed by atoms with E-state index >= 15 is 0 Å². The highest BCUT2D eigenvalue weighted by Crippen LogP contribution is 2.20. The van der Waals surface area contributed by atoms with Gasteiger partial charge in [-0.3, -0.25) is 14.5 Å². The van der Waals surface area contributed by atoms with Gasteiger partial charge in [-0.2, -0.15) is 0 Å². The third-order valence-corrected chi connectivity index (χ3v) is 3.38. The van der Waals surface area contributed by atoms with Crippen LogP contribution in [0, 0.1) is 12.8 Å². The molecule has 0 aliphatic carbocycles. The molecule has 6 heteroatoms. The van der Waals surface area contributed by atoms with Gasteiger partial charge in [0.25, 0.3) is 0 Å². The lowest BCUT2D eigenvalue weighted by atomic mass is 10.0. The maximum Gasteiger partial charge on any atom is 0.309 e. The number of nitrogens with zero attached hydrogens (tertiary/aromatic N) is 1. The monoisotopic (exact) mass is 282 g/mol. The Bertz CT molecular complexity index is 513. The van der Waals surface area contributed by atoms with Gasteiger partial charge in [-0.1, -0.05) is 17.7 Å². The van der Waals surface area contributed by atoms with Crippen molar-refractivity contribution in [1.82, 2.24) is 4.90 Å². The van der Waals surface area contributed by atoms with Crippen molar-refractivity contribution in [3.63, 3.8) is 0 Å². The number of anilines is 1. The van der Waals surface area contributed by atoms with E-state index in [1.807, 2.05) is 13.0 Å². The average molecular weight is 283 g/mol. The largest absolute Gasteiger partial charge is 0.481 e. The normalized spacial score (nSPS) is 15.9. The second-order valence-corrected chi connectivity index (χ2v) is 5.17. The molecule has 0 aromatic heterocycles. The zero-order valence-corrected chi connectivity index (χ0v) is 11.3. The molecule has 1 heterocycles. The Morgan fingerprint density at radius 3 is 2.79 bits per heavy atom. The number of likely N-dealkylation sites (tertiary alicyclic amines) is 1. The van der Waals surface area contributed by atoms with Crippen molar-refractivity contribution < 1.29 is 14.7 Å². The molecule has 0 radical (unpaired) electrons. The van der Waals surface area contributed by atoms with Gasteiger partial charge in [0.05, 0.1) is 12.5 Å². The van der Waals surface area contributed by atoms with Gasteiger partial charge in [0.1, 0.15) is 0 Å². The van der Waals surface area contributed by atoms with Crippen LogP contribution in [0.4, 0.5) is 5.69 Å². The lowest BCUT2D eigenvalue weighted by Gasteiger charge is -2.35. The van der Waals surface area contributed by atoms with E-state index in [-0.39, 0.29) is 18.4 Å². The summed E-state index contributed by atoms with van der Waals surface area (Å²) in [5.74, 6) is -1.31. The highest BCUT2D eigenvalue weighted by Gasteiger charge is 2.33. The summed E-state index contributed by atoms with van der Waals surface area (Å²) in [6.07, 6.45) is 0. The maximum absolute atomic E-state index is 11.8. The van der Waals surface area contributed by atoms with Crippen molar-refractivity contribution in [2.45, 2.75) is 6.92 Å². The molecule has 1 aliphatic rings. The molecule has 0 atom stereocenters. The third-order valence-electron chi connectivity index (χ3n) is 3.15. The molecule has 1 aromatic rings. The fourth-order valence-corrected chi connectivity index (χ4v) is 2.15. The SMILES string of the molecule is Cc1ccc(Cl)cc1NC(=O)CN1CC(C(=O)O)C1. The van der Waals surface area contributed by atoms with E-state index in [9.17, 15) is 9.59 Å². The molecule has 0 spiro atoms. The summed E-state index contributed by atoms with van der Waals surface area (Å²) in [7, 11) is 0. The number of hydrogen-bond acceptors (Lipinski definition) is 3. The van der Waals surface area contributed by atoms with E-state index in [2.05, 4.69) is 5.32 Å². The number of carboxylic acids is 1. The second-order valence-electron chi connectivity index (χ2n) is 4.74. The molecule has 19 heavy (non-hydrogen) atoms. The van der Waals surface area contributed by atoms with E-state index in [1.54, 1.807) is 17.0 Å². The van der Waals surface area contributed by atoms with Crippen LogP contribution >= 0.6 is 11.6 Å². The van der Waals surface area contributed by atoms with Crippen LogP contribution < -0.4 is 5.32 Å². The number of amides is 1. The summed E-state index contributed by atoms with van der Waals surface area (Å²) in [6.45, 7) is 2.94. The molecule has 2 N–H and O–H groups in total. The number of carbonyl (C=O) groups is 2. The number of aryl methyl sites for hydroxylation is 1. The first-order chi connectivity index (χ1) is 8.95. The van der Waals surface area contributed by atoms with E-state index < -0.39 is 5.97 Å². The predicted octanol–water partition coefficient (Wildman–Crippen LogP) is 1.60. The van der Waals surface area contributed by atoms with Crippen LogP contribution in [0.25, 0.3) is 0 Å². The lowest BCUT2D eigenvalue weighted by molar-refractivity contribution is -0.148. The summed E-state index contributed by atoms with van der Waals surface area (Å²) < 4.78 is 0. The molecule has 1 aromatic carbocycles. The first kappa shape index (κ1) is 13.8. The van der Waals surface area contributed by atoms with E-state index in [0.29, 0.717) is 23.8 Å². The Hall–Kier alpha value is -1.59. The first-order valence-corrected chi connectivity index (χ1v) is 6.34. The van der Waals surface area contributed by atoms with Gasteiger partial charge in [0.15, 0.2) is 0 Å². The first-order valence-electron chi connectivity index (χ1n) is 5.97. The Balaban J connectivity index is 1.85. The molecule has 1 aliphatic heterocycles. The van der Waals surface area contributed by atoms with Crippen LogP contribution in [0.5, 0.6) is 0 Å². The zero-order valence-electron chi connectivity index (χ0n) is 10.5. The number of carbonyl (C=O) groups excluding carboxylic acids is 1. The number of rotatable bonds is 4. The molecule has 1 amide bonds. The third kappa shape index (κ3) is 3.45. The van der Waals surface area contributed by atoms with E-state index in [4.69, 9.17) is 16.7 Å². The number of benzene rings is 1. The number of nitrogens with one attached hydrogen (secondary N) is 1. The Morgan fingerprint density at radius 2 is 2.16 bits per heavy atom. The standard InChI is InChI=1S/C13H15ClN2O3/c1-8-2-3-10(14)4-11(8)15-12(17)7-16-5-9(6-16)13(18)19/h2-4,9H,5-7H2,1H3,(H,15,17)(H,18,19). The van der Waals surface area contributed by atoms with Crippen molar-refractivity contribution in [1.29, 1.82) is 0 Å². The predicted molar refractivity (Wildman–Crippen MR) is 72.4 cm³/mol. The minimum Gasteiger partial charge on any atom is -0.481 e. The van der Waals surface area contributed by atoms with Crippen molar-refractivity contribution >= 4 is 29.2 Å². The van der Waals surface area contributed by atoms with Crippen molar-refractivity contribution in [3.8, 4) is 0 Å². The van der Waals surface area contributed by atoms with Gasteiger partial charge in [0, 0.05) is 23.8 Å². The summed E-state index contributed by atoms with van der Waals surface area (Å²) in [6, 6.07) is 5.30. The van der Waals surface area contributed by atoms with Crippen LogP contribution in [0.2, 0.25) is 5.02 Å². The Labute approximate surface area is 116 Å². The fourth-order valence-electron chi connectivity index (χ4n) is 1.98. The van der Waals surface area contributed by atoms with Crippen LogP contribution in [-0.2, 0) is 9.59 Å².